The van der Waals surface area contributed by atoms with E-state index >= 15 is 0 Å². The van der Waals surface area contributed by atoms with Gasteiger partial charge in [-0.3, -0.25) is 14.4 Å². The van der Waals surface area contributed by atoms with Crippen LogP contribution in [0.3, 0.4) is 0 Å². The molecule has 8 N–H and O–H groups in total. The fourth-order valence-corrected chi connectivity index (χ4v) is 11.1. The Bertz CT molecular complexity index is 2860. The molecule has 2 aromatic carbocycles. The lowest BCUT2D eigenvalue weighted by molar-refractivity contribution is -0.131. The molecule has 4 aliphatic rings. The second-order valence-electron chi connectivity index (χ2n) is 19.8. The number of likely N-dealkylation sites (tertiary alicyclic amines) is 1. The quantitative estimate of drug-likeness (QED) is 0.0692. The summed E-state index contributed by atoms with van der Waals surface area (Å²) in [6.45, 7) is 7.96. The number of hydrogen-bond donors (Lipinski definition) is 8. The maximum absolute atomic E-state index is 14.0. The molecule has 4 fully saturated rings. The van der Waals surface area contributed by atoms with E-state index in [4.69, 9.17) is 15.0 Å². The predicted octanol–water partition coefficient (Wildman–Crippen LogP) is 2.57. The van der Waals surface area contributed by atoms with Crippen LogP contribution < -0.4 is 26.2 Å². The molecule has 10 atom stereocenters. The number of carbonyl (C=O) groups is 3. The molecule has 3 amide bonds. The number of carbonyl (C=O) groups excluding carboxylic acids is 3. The van der Waals surface area contributed by atoms with E-state index in [1.54, 1.807) is 42.6 Å². The van der Waals surface area contributed by atoms with E-state index in [-0.39, 0.29) is 54.9 Å². The molecule has 380 valence electrons. The molecule has 2 aliphatic carbocycles. The molecule has 0 bridgehead atoms. The Balaban J connectivity index is 0.836. The summed E-state index contributed by atoms with van der Waals surface area (Å²) < 4.78 is 3.53. The molecule has 21 nitrogen and oxygen atoms in total. The minimum Gasteiger partial charge on any atom is -0.388 e. The van der Waals surface area contributed by atoms with Crippen molar-refractivity contribution >= 4 is 57.6 Å². The highest BCUT2D eigenvalue weighted by Gasteiger charge is 2.45. The van der Waals surface area contributed by atoms with Crippen LogP contribution in [-0.2, 0) is 14.4 Å². The zero-order valence-electron chi connectivity index (χ0n) is 40.8. The third-order valence-electron chi connectivity index (χ3n) is 15.1. The summed E-state index contributed by atoms with van der Waals surface area (Å²) in [5.74, 6) is 1.66. The van der Waals surface area contributed by atoms with Gasteiger partial charge in [0.05, 0.1) is 36.8 Å². The third kappa shape index (κ3) is 9.77. The van der Waals surface area contributed by atoms with E-state index < -0.39 is 48.6 Å². The lowest BCUT2D eigenvalue weighted by Crippen LogP contribution is -2.42. The summed E-state index contributed by atoms with van der Waals surface area (Å²) in [5.41, 5.74) is 4.27. The first kappa shape index (κ1) is 48.8. The molecule has 0 unspecified atom stereocenters. The maximum Gasteiger partial charge on any atom is 0.229 e. The second-order valence-corrected chi connectivity index (χ2v) is 19.8. The van der Waals surface area contributed by atoms with E-state index in [1.165, 1.54) is 0 Å². The highest BCUT2D eigenvalue weighted by atomic mass is 16.3. The van der Waals surface area contributed by atoms with Gasteiger partial charge in [0.15, 0.2) is 28.4 Å². The highest BCUT2D eigenvalue weighted by molar-refractivity contribution is 5.85. The maximum atomic E-state index is 14.0. The topological polar surface area (TPSA) is 274 Å². The van der Waals surface area contributed by atoms with Crippen molar-refractivity contribution in [3.05, 3.63) is 90.3 Å². The fourth-order valence-electron chi connectivity index (χ4n) is 11.1. The van der Waals surface area contributed by atoms with E-state index in [0.29, 0.717) is 97.7 Å². The van der Waals surface area contributed by atoms with Gasteiger partial charge in [0.1, 0.15) is 35.8 Å². The van der Waals surface area contributed by atoms with Crippen molar-refractivity contribution in [1.29, 1.82) is 0 Å². The van der Waals surface area contributed by atoms with Gasteiger partial charge in [-0.2, -0.15) is 9.97 Å². The van der Waals surface area contributed by atoms with Gasteiger partial charge in [-0.15, -0.1) is 0 Å². The molecular weight excluding hydrogens is 921 g/mol. The van der Waals surface area contributed by atoms with Crippen LogP contribution in [0.5, 0.6) is 0 Å². The smallest absolute Gasteiger partial charge is 0.229 e. The molecule has 21 heteroatoms. The Kier molecular flexibility index (Phi) is 14.1. The van der Waals surface area contributed by atoms with Crippen molar-refractivity contribution in [3.63, 3.8) is 0 Å². The number of rotatable bonds is 16. The van der Waals surface area contributed by atoms with Crippen molar-refractivity contribution in [1.82, 2.24) is 54.6 Å². The Morgan fingerprint density at radius 3 is 1.83 bits per heavy atom. The number of aryl methyl sites for hydroxylation is 1. The first-order valence-corrected chi connectivity index (χ1v) is 25.3. The first-order chi connectivity index (χ1) is 34.9. The Morgan fingerprint density at radius 2 is 1.25 bits per heavy atom. The largest absolute Gasteiger partial charge is 0.388 e. The number of nitrogens with one attached hydrogen (secondary N) is 4. The van der Waals surface area contributed by atoms with Crippen LogP contribution >= 0.6 is 0 Å². The number of nitrogens with zero attached hydrogens (tertiary/aromatic N) is 10. The van der Waals surface area contributed by atoms with Gasteiger partial charge in [-0.1, -0.05) is 74.5 Å². The average molecular weight is 985 g/mol. The van der Waals surface area contributed by atoms with Gasteiger partial charge in [-0.25, -0.2) is 19.9 Å². The Morgan fingerprint density at radius 1 is 0.681 bits per heavy atom. The van der Waals surface area contributed by atoms with Gasteiger partial charge in [-0.05, 0) is 49.7 Å². The van der Waals surface area contributed by atoms with Gasteiger partial charge in [0.25, 0.3) is 0 Å². The summed E-state index contributed by atoms with van der Waals surface area (Å²) in [4.78, 5) is 71.4. The number of benzene rings is 2. The Hall–Kier alpha value is -6.81. The van der Waals surface area contributed by atoms with Crippen LogP contribution in [0.2, 0.25) is 0 Å². The third-order valence-corrected chi connectivity index (χ3v) is 15.1. The molecular formula is C51H64N14O7. The van der Waals surface area contributed by atoms with Crippen molar-refractivity contribution in [2.45, 2.75) is 126 Å². The van der Waals surface area contributed by atoms with E-state index in [2.05, 4.69) is 65.4 Å². The average Bonchev–Trinajstić information content (AvgIpc) is 4.28. The minimum absolute atomic E-state index is 0.0198. The molecule has 2 saturated carbocycles. The van der Waals surface area contributed by atoms with Gasteiger partial charge in [0, 0.05) is 63.9 Å². The van der Waals surface area contributed by atoms with E-state index in [0.717, 1.165) is 17.5 Å². The summed E-state index contributed by atoms with van der Waals surface area (Å²) in [5, 5.41) is 57.0. The van der Waals surface area contributed by atoms with E-state index in [1.807, 2.05) is 41.3 Å². The van der Waals surface area contributed by atoms with Crippen molar-refractivity contribution in [3.8, 4) is 0 Å². The zero-order chi connectivity index (χ0) is 50.2. The number of imidazole rings is 2. The van der Waals surface area contributed by atoms with Gasteiger partial charge in [0.2, 0.25) is 23.7 Å². The summed E-state index contributed by atoms with van der Waals surface area (Å²) >= 11 is 0. The second kappa shape index (κ2) is 20.7. The lowest BCUT2D eigenvalue weighted by atomic mass is 9.91. The van der Waals surface area contributed by atoms with Crippen LogP contribution in [0.4, 0.5) is 17.6 Å². The van der Waals surface area contributed by atoms with Crippen LogP contribution in [0.1, 0.15) is 93.7 Å². The minimum atomic E-state index is -1.18. The fraction of sp³-hybridized carbons (Fsp3) is 0.510. The van der Waals surface area contributed by atoms with Crippen molar-refractivity contribution in [2.75, 3.05) is 48.3 Å². The molecule has 6 aromatic rings. The van der Waals surface area contributed by atoms with Crippen LogP contribution in [-0.4, -0.2) is 157 Å². The monoisotopic (exact) mass is 985 g/mol. The number of aliphatic hydroxyl groups is 4. The SMILES string of the molecule is CCC(=O)N[C@H]1C[C@@H](n2cnc3c(NCC(c4ccccc4)c4ccccc4)nc(N4CC[C@@H](CC(=O)N5CC[C@@H](Nc6nc(C)nc7c6ncn7[C@@H]6C[C@H](NC(=O)CC)[C@@H](O)[C@H]6O)C5)C4)nc32)[C@H](O)[C@@H]1O. The van der Waals surface area contributed by atoms with Crippen LogP contribution in [0.15, 0.2) is 73.3 Å². The van der Waals surface area contributed by atoms with Crippen molar-refractivity contribution < 1.29 is 34.8 Å². The highest BCUT2D eigenvalue weighted by Crippen LogP contribution is 2.38. The molecule has 2 saturated heterocycles. The molecule has 0 radical (unpaired) electrons. The number of anilines is 3. The number of hydrogen-bond acceptors (Lipinski definition) is 16. The first-order valence-electron chi connectivity index (χ1n) is 25.3. The molecule has 72 heavy (non-hydrogen) atoms. The zero-order valence-corrected chi connectivity index (χ0v) is 40.8. The van der Waals surface area contributed by atoms with Gasteiger partial charge >= 0.3 is 0 Å². The normalized spacial score (nSPS) is 26.3. The predicted molar refractivity (Wildman–Crippen MR) is 268 cm³/mol. The lowest BCUT2D eigenvalue weighted by Gasteiger charge is -2.22. The van der Waals surface area contributed by atoms with Crippen molar-refractivity contribution in [2.24, 2.45) is 5.92 Å². The summed E-state index contributed by atoms with van der Waals surface area (Å²) in [6.07, 6.45) is 1.46. The number of aliphatic hydroxyl groups excluding tert-OH is 4. The van der Waals surface area contributed by atoms with Gasteiger partial charge < -0.3 is 60.6 Å². The molecule has 2 aliphatic heterocycles. The van der Waals surface area contributed by atoms with E-state index in [9.17, 15) is 34.8 Å². The number of aromatic nitrogens is 8. The number of amides is 3. The standard InChI is InChI=1S/C51H64N14O7/c1-4-38(66)58-34-21-36(45(71)43(34)69)64-27-54-42-48(55-28(3)56-49(42)64)57-32-17-19-62(25-32)40(68)20-29-16-18-63(24-29)51-60-47(52-23-33(30-12-8-6-9-13-30)31-14-10-7-11-15-31)41-50(61-51)65(26-53-41)37-22-35(44(70)46(37)72)59-39(67)5-2/h6-15,26-27,29,32-37,43-46,69-72H,4-5,16-25H2,1-3H3,(H,58,66)(H,59,67)(H,52,60,61)(H,55,56,57)/t29-,32+,34-,35-,36+,37+,43+,44+,45-,46-/m0/s1. The molecule has 10 rings (SSSR count). The summed E-state index contributed by atoms with van der Waals surface area (Å²) in [7, 11) is 0. The summed E-state index contributed by atoms with van der Waals surface area (Å²) in [6, 6.07) is 18.0. The molecule has 0 spiro atoms. The molecule has 6 heterocycles. The number of fused-ring (bicyclic) bond motifs is 2. The molecule has 4 aromatic heterocycles. The Labute approximate surface area is 416 Å². The van der Waals surface area contributed by atoms with Crippen LogP contribution in [0.25, 0.3) is 22.3 Å². The van der Waals surface area contributed by atoms with Crippen LogP contribution in [0, 0.1) is 12.8 Å².